The van der Waals surface area contributed by atoms with E-state index < -0.39 is 0 Å². The van der Waals surface area contributed by atoms with Crippen molar-refractivity contribution >= 4 is 5.91 Å². The van der Waals surface area contributed by atoms with Gasteiger partial charge in [0.05, 0.1) is 14.2 Å². The van der Waals surface area contributed by atoms with E-state index in [9.17, 15) is 4.79 Å². The first-order valence-electron chi connectivity index (χ1n) is 9.96. The Kier molecular flexibility index (Phi) is 5.70. The molecular formula is C23H25N3O4. The summed E-state index contributed by atoms with van der Waals surface area (Å²) in [6.07, 6.45) is 1.23. The molecule has 1 atom stereocenters. The molecular weight excluding hydrogens is 382 g/mol. The molecule has 1 aliphatic heterocycles. The van der Waals surface area contributed by atoms with Crippen molar-refractivity contribution < 1.29 is 18.8 Å². The second kappa shape index (κ2) is 8.57. The van der Waals surface area contributed by atoms with Gasteiger partial charge < -0.3 is 18.9 Å². The molecule has 3 aromatic rings. The maximum atomic E-state index is 12.5. The van der Waals surface area contributed by atoms with E-state index in [1.807, 2.05) is 23.1 Å². The zero-order chi connectivity index (χ0) is 21.1. The number of carbonyl (C=O) groups excluding carboxylic acids is 1. The standard InChI is InChI=1S/C23H25N3O4/c1-15-5-4-6-16(9-15)7-8-26-14-18(12-21(26)27)22-24-23(30-25-22)17-10-19(28-2)13-20(11-17)29-3/h4-6,9-11,13,18H,7-8,12,14H2,1-3H3. The molecule has 1 aliphatic rings. The van der Waals surface area contributed by atoms with Gasteiger partial charge in [0, 0.05) is 37.1 Å². The number of rotatable bonds is 7. The average molecular weight is 407 g/mol. The van der Waals surface area contributed by atoms with Gasteiger partial charge in [0.25, 0.3) is 5.89 Å². The van der Waals surface area contributed by atoms with Crippen LogP contribution in [0.1, 0.15) is 29.3 Å². The molecule has 2 aromatic carbocycles. The van der Waals surface area contributed by atoms with Gasteiger partial charge >= 0.3 is 0 Å². The van der Waals surface area contributed by atoms with Crippen molar-refractivity contribution in [3.8, 4) is 23.0 Å². The molecule has 0 bridgehead atoms. The van der Waals surface area contributed by atoms with Crippen LogP contribution in [0.4, 0.5) is 0 Å². The maximum Gasteiger partial charge on any atom is 0.258 e. The maximum absolute atomic E-state index is 12.5. The third-order valence-corrected chi connectivity index (χ3v) is 5.37. The van der Waals surface area contributed by atoms with Gasteiger partial charge in [-0.1, -0.05) is 35.0 Å². The highest BCUT2D eigenvalue weighted by Gasteiger charge is 2.33. The minimum atomic E-state index is -0.0694. The van der Waals surface area contributed by atoms with E-state index in [0.717, 1.165) is 6.42 Å². The van der Waals surface area contributed by atoms with E-state index in [1.165, 1.54) is 11.1 Å². The van der Waals surface area contributed by atoms with Crippen LogP contribution in [0.3, 0.4) is 0 Å². The summed E-state index contributed by atoms with van der Waals surface area (Å²) >= 11 is 0. The van der Waals surface area contributed by atoms with E-state index in [0.29, 0.717) is 48.3 Å². The van der Waals surface area contributed by atoms with Crippen molar-refractivity contribution in [3.63, 3.8) is 0 Å². The molecule has 0 saturated carbocycles. The van der Waals surface area contributed by atoms with Crippen LogP contribution >= 0.6 is 0 Å². The Labute approximate surface area is 175 Å². The second-order valence-electron chi connectivity index (χ2n) is 7.54. The Balaban J connectivity index is 1.44. The van der Waals surface area contributed by atoms with E-state index in [1.54, 1.807) is 20.3 Å². The van der Waals surface area contributed by atoms with E-state index >= 15 is 0 Å². The number of benzene rings is 2. The number of methoxy groups -OCH3 is 2. The first-order valence-corrected chi connectivity index (χ1v) is 9.96. The summed E-state index contributed by atoms with van der Waals surface area (Å²) in [5.74, 6) is 2.28. The number of amides is 1. The Morgan fingerprint density at radius 2 is 1.90 bits per heavy atom. The molecule has 1 amide bonds. The number of ether oxygens (including phenoxy) is 2. The van der Waals surface area contributed by atoms with Crippen LogP contribution in [0.5, 0.6) is 11.5 Å². The summed E-state index contributed by atoms with van der Waals surface area (Å²) in [4.78, 5) is 18.9. The molecule has 30 heavy (non-hydrogen) atoms. The Morgan fingerprint density at radius 1 is 1.13 bits per heavy atom. The topological polar surface area (TPSA) is 77.7 Å². The fourth-order valence-corrected chi connectivity index (χ4v) is 3.74. The van der Waals surface area contributed by atoms with Gasteiger partial charge in [-0.15, -0.1) is 0 Å². The lowest BCUT2D eigenvalue weighted by atomic mass is 10.1. The van der Waals surface area contributed by atoms with E-state index in [4.69, 9.17) is 14.0 Å². The normalized spacial score (nSPS) is 16.2. The van der Waals surface area contributed by atoms with Crippen LogP contribution in [0.2, 0.25) is 0 Å². The van der Waals surface area contributed by atoms with Crippen LogP contribution in [0.15, 0.2) is 47.0 Å². The predicted octanol–water partition coefficient (Wildman–Crippen LogP) is 3.62. The summed E-state index contributed by atoms with van der Waals surface area (Å²) in [5, 5.41) is 4.14. The highest BCUT2D eigenvalue weighted by Crippen LogP contribution is 2.31. The van der Waals surface area contributed by atoms with Gasteiger partial charge in [0.1, 0.15) is 11.5 Å². The van der Waals surface area contributed by atoms with Crippen molar-refractivity contribution in [1.82, 2.24) is 15.0 Å². The summed E-state index contributed by atoms with van der Waals surface area (Å²) < 4.78 is 16.1. The fraction of sp³-hybridized carbons (Fsp3) is 0.348. The molecule has 0 N–H and O–H groups in total. The lowest BCUT2D eigenvalue weighted by Crippen LogP contribution is -2.27. The first kappa shape index (κ1) is 19.9. The number of aromatic nitrogens is 2. The molecule has 4 rings (SSSR count). The smallest absolute Gasteiger partial charge is 0.258 e. The van der Waals surface area contributed by atoms with Crippen molar-refractivity contribution in [2.75, 3.05) is 27.3 Å². The summed E-state index contributed by atoms with van der Waals surface area (Å²) in [7, 11) is 3.18. The molecule has 2 heterocycles. The zero-order valence-electron chi connectivity index (χ0n) is 17.4. The average Bonchev–Trinajstić information content (AvgIpc) is 3.39. The van der Waals surface area contributed by atoms with Crippen LogP contribution in [0.25, 0.3) is 11.5 Å². The highest BCUT2D eigenvalue weighted by atomic mass is 16.5. The Bertz CT molecular complexity index is 1020. The third kappa shape index (κ3) is 4.30. The largest absolute Gasteiger partial charge is 0.497 e. The minimum absolute atomic E-state index is 0.0694. The Morgan fingerprint density at radius 3 is 2.60 bits per heavy atom. The summed E-state index contributed by atoms with van der Waals surface area (Å²) in [6.45, 7) is 3.37. The van der Waals surface area contributed by atoms with Crippen LogP contribution in [0, 0.1) is 6.92 Å². The van der Waals surface area contributed by atoms with Crippen molar-refractivity contribution in [2.45, 2.75) is 25.7 Å². The number of likely N-dealkylation sites (tertiary alicyclic amines) is 1. The number of hydrogen-bond donors (Lipinski definition) is 0. The molecule has 156 valence electrons. The quantitative estimate of drug-likeness (QED) is 0.595. The molecule has 7 nitrogen and oxygen atoms in total. The number of carbonyl (C=O) groups is 1. The lowest BCUT2D eigenvalue weighted by Gasteiger charge is -2.16. The second-order valence-corrected chi connectivity index (χ2v) is 7.54. The van der Waals surface area contributed by atoms with Crippen molar-refractivity contribution in [2.24, 2.45) is 0 Å². The summed E-state index contributed by atoms with van der Waals surface area (Å²) in [6, 6.07) is 13.8. The SMILES string of the molecule is COc1cc(OC)cc(-c2nc(C3CC(=O)N(CCc4cccc(C)c4)C3)no2)c1. The molecule has 1 unspecified atom stereocenters. The van der Waals surface area contributed by atoms with Gasteiger partial charge in [0.15, 0.2) is 5.82 Å². The van der Waals surface area contributed by atoms with Gasteiger partial charge in [-0.3, -0.25) is 4.79 Å². The molecule has 0 aliphatic carbocycles. The molecule has 1 fully saturated rings. The van der Waals surface area contributed by atoms with Crippen LogP contribution in [-0.4, -0.2) is 48.3 Å². The summed E-state index contributed by atoms with van der Waals surface area (Å²) in [5.41, 5.74) is 3.18. The van der Waals surface area contributed by atoms with Crippen LogP contribution < -0.4 is 9.47 Å². The molecule has 7 heteroatoms. The highest BCUT2D eigenvalue weighted by molar-refractivity contribution is 5.79. The van der Waals surface area contributed by atoms with E-state index in [-0.39, 0.29) is 11.8 Å². The zero-order valence-corrected chi connectivity index (χ0v) is 17.4. The van der Waals surface area contributed by atoms with E-state index in [2.05, 4.69) is 35.3 Å². The van der Waals surface area contributed by atoms with Crippen molar-refractivity contribution in [3.05, 3.63) is 59.4 Å². The molecule has 1 saturated heterocycles. The fourth-order valence-electron chi connectivity index (χ4n) is 3.74. The van der Waals surface area contributed by atoms with Gasteiger partial charge in [0.2, 0.25) is 5.91 Å². The lowest BCUT2D eigenvalue weighted by molar-refractivity contribution is -0.127. The monoisotopic (exact) mass is 407 g/mol. The first-order chi connectivity index (χ1) is 14.6. The molecule has 1 aromatic heterocycles. The number of hydrogen-bond acceptors (Lipinski definition) is 6. The number of aryl methyl sites for hydroxylation is 1. The van der Waals surface area contributed by atoms with Gasteiger partial charge in [-0.25, -0.2) is 0 Å². The third-order valence-electron chi connectivity index (χ3n) is 5.37. The van der Waals surface area contributed by atoms with Gasteiger partial charge in [-0.2, -0.15) is 4.98 Å². The van der Waals surface area contributed by atoms with Crippen LogP contribution in [-0.2, 0) is 11.2 Å². The van der Waals surface area contributed by atoms with Crippen molar-refractivity contribution in [1.29, 1.82) is 0 Å². The number of nitrogens with zero attached hydrogens (tertiary/aromatic N) is 3. The van der Waals surface area contributed by atoms with Gasteiger partial charge in [-0.05, 0) is 31.0 Å². The molecule has 0 radical (unpaired) electrons. The predicted molar refractivity (Wildman–Crippen MR) is 112 cm³/mol. The Hall–Kier alpha value is -3.35. The molecule has 0 spiro atoms. The minimum Gasteiger partial charge on any atom is -0.497 e.